The van der Waals surface area contributed by atoms with Crippen molar-refractivity contribution in [2.24, 2.45) is 0 Å². The zero-order chi connectivity index (χ0) is 12.7. The third-order valence-corrected chi connectivity index (χ3v) is 3.46. The van der Waals surface area contributed by atoms with Gasteiger partial charge in [-0.15, -0.1) is 0 Å². The highest BCUT2D eigenvalue weighted by molar-refractivity contribution is 6.05. The zero-order valence-corrected chi connectivity index (χ0v) is 10.3. The lowest BCUT2D eigenvalue weighted by atomic mass is 10.1. The number of hydrogen-bond donors (Lipinski definition) is 0. The molecule has 4 rings (SSSR count). The van der Waals surface area contributed by atoms with Crippen molar-refractivity contribution in [1.29, 1.82) is 0 Å². The van der Waals surface area contributed by atoms with E-state index in [1.54, 1.807) is 0 Å². The second-order valence-electron chi connectivity index (χ2n) is 4.62. The summed E-state index contributed by atoms with van der Waals surface area (Å²) in [5.74, 6) is 0. The van der Waals surface area contributed by atoms with E-state index < -0.39 is 0 Å². The summed E-state index contributed by atoms with van der Waals surface area (Å²) in [7, 11) is 0. The molecule has 0 N–H and O–H groups in total. The summed E-state index contributed by atoms with van der Waals surface area (Å²) in [4.78, 5) is 0. The van der Waals surface area contributed by atoms with Gasteiger partial charge in [0.1, 0.15) is 0 Å². The van der Waals surface area contributed by atoms with Crippen LogP contribution in [0.5, 0.6) is 0 Å². The Labute approximate surface area is 110 Å². The van der Waals surface area contributed by atoms with Crippen molar-refractivity contribution in [2.75, 3.05) is 0 Å². The normalized spacial score (nSPS) is 11.2. The van der Waals surface area contributed by atoms with Crippen LogP contribution in [0.2, 0.25) is 0 Å². The number of fused-ring (bicyclic) bond motifs is 3. The number of rotatable bonds is 1. The van der Waals surface area contributed by atoms with Gasteiger partial charge in [0.2, 0.25) is 0 Å². The van der Waals surface area contributed by atoms with Gasteiger partial charge in [-0.3, -0.25) is 0 Å². The largest absolute Gasteiger partial charge is 0.232 e. The van der Waals surface area contributed by atoms with Crippen molar-refractivity contribution in [2.45, 2.75) is 0 Å². The third kappa shape index (κ3) is 1.54. The zero-order valence-electron chi connectivity index (χ0n) is 10.3. The molecule has 0 aliphatic rings. The van der Waals surface area contributed by atoms with Crippen LogP contribution in [0.4, 0.5) is 0 Å². The fourth-order valence-electron chi connectivity index (χ4n) is 2.56. The molecule has 0 atom stereocenters. The van der Waals surface area contributed by atoms with Gasteiger partial charge in [-0.1, -0.05) is 54.6 Å². The van der Waals surface area contributed by atoms with Gasteiger partial charge in [-0.25, -0.2) is 4.68 Å². The highest BCUT2D eigenvalue weighted by Gasteiger charge is 2.07. The first-order valence-electron chi connectivity index (χ1n) is 6.34. The number of hydrogen-bond acceptors (Lipinski definition) is 1. The van der Waals surface area contributed by atoms with Gasteiger partial charge >= 0.3 is 0 Å². The highest BCUT2D eigenvalue weighted by atomic mass is 15.3. The van der Waals surface area contributed by atoms with Gasteiger partial charge < -0.3 is 0 Å². The summed E-state index contributed by atoms with van der Waals surface area (Å²) < 4.78 is 2.01. The van der Waals surface area contributed by atoms with E-state index >= 15 is 0 Å². The van der Waals surface area contributed by atoms with Gasteiger partial charge in [0.25, 0.3) is 0 Å². The Morgan fingerprint density at radius 1 is 0.684 bits per heavy atom. The monoisotopic (exact) mass is 244 g/mol. The van der Waals surface area contributed by atoms with Crippen LogP contribution in [-0.2, 0) is 0 Å². The molecule has 0 aliphatic heterocycles. The van der Waals surface area contributed by atoms with Crippen LogP contribution in [0.15, 0.2) is 72.9 Å². The topological polar surface area (TPSA) is 17.8 Å². The van der Waals surface area contributed by atoms with E-state index in [1.807, 2.05) is 29.1 Å². The molecule has 0 radical (unpaired) electrons. The lowest BCUT2D eigenvalue weighted by Gasteiger charge is -2.06. The smallest absolute Gasteiger partial charge is 0.0819 e. The molecule has 1 aromatic heterocycles. The Kier molecular flexibility index (Phi) is 2.15. The molecule has 0 fully saturated rings. The van der Waals surface area contributed by atoms with Gasteiger partial charge in [-0.2, -0.15) is 5.10 Å². The highest BCUT2D eigenvalue weighted by Crippen LogP contribution is 2.26. The first kappa shape index (κ1) is 10.3. The molecule has 3 aromatic carbocycles. The summed E-state index contributed by atoms with van der Waals surface area (Å²) >= 11 is 0. The minimum atomic E-state index is 1.09. The van der Waals surface area contributed by atoms with E-state index in [9.17, 15) is 0 Å². The van der Waals surface area contributed by atoms with E-state index in [0.29, 0.717) is 0 Å². The van der Waals surface area contributed by atoms with E-state index in [2.05, 4.69) is 53.6 Å². The minimum Gasteiger partial charge on any atom is -0.232 e. The quantitative estimate of drug-likeness (QED) is 0.491. The fraction of sp³-hybridized carbons (Fsp3) is 0. The molecule has 90 valence electrons. The van der Waals surface area contributed by atoms with E-state index in [0.717, 1.165) is 5.69 Å². The number of para-hydroxylation sites is 1. The first-order valence-corrected chi connectivity index (χ1v) is 6.34. The SMILES string of the molecule is c1ccc(-n2ncc3ccc4ccccc4c32)cc1. The minimum absolute atomic E-state index is 1.09. The molecular formula is C17H12N2. The Bertz CT molecular complexity index is 860. The molecule has 0 saturated heterocycles. The maximum Gasteiger partial charge on any atom is 0.0819 e. The molecular weight excluding hydrogens is 232 g/mol. The molecule has 19 heavy (non-hydrogen) atoms. The van der Waals surface area contributed by atoms with Gasteiger partial charge in [-0.05, 0) is 17.5 Å². The number of nitrogens with zero attached hydrogens (tertiary/aromatic N) is 2. The molecule has 0 amide bonds. The van der Waals surface area contributed by atoms with E-state index in [4.69, 9.17) is 0 Å². The Hall–Kier alpha value is -2.61. The lowest BCUT2D eigenvalue weighted by Crippen LogP contribution is -1.95. The van der Waals surface area contributed by atoms with Crippen LogP contribution in [0.3, 0.4) is 0 Å². The van der Waals surface area contributed by atoms with Gasteiger partial charge in [0.05, 0.1) is 17.4 Å². The molecule has 2 nitrogen and oxygen atoms in total. The van der Waals surface area contributed by atoms with Crippen LogP contribution in [0, 0.1) is 0 Å². The van der Waals surface area contributed by atoms with Crippen LogP contribution in [0.1, 0.15) is 0 Å². The molecule has 1 heterocycles. The second kappa shape index (κ2) is 3.95. The average molecular weight is 244 g/mol. The van der Waals surface area contributed by atoms with Crippen molar-refractivity contribution < 1.29 is 0 Å². The maximum atomic E-state index is 4.53. The van der Waals surface area contributed by atoms with Crippen molar-refractivity contribution in [3.05, 3.63) is 72.9 Å². The van der Waals surface area contributed by atoms with Crippen LogP contribution in [-0.4, -0.2) is 9.78 Å². The summed E-state index contributed by atoms with van der Waals surface area (Å²) in [6, 6.07) is 23.0. The van der Waals surface area contributed by atoms with Crippen LogP contribution < -0.4 is 0 Å². The predicted octanol–water partition coefficient (Wildman–Crippen LogP) is 4.18. The summed E-state index contributed by atoms with van der Waals surface area (Å²) in [6.07, 6.45) is 1.93. The van der Waals surface area contributed by atoms with Crippen molar-refractivity contribution >= 4 is 21.7 Å². The number of aromatic nitrogens is 2. The van der Waals surface area contributed by atoms with Crippen molar-refractivity contribution in [3.63, 3.8) is 0 Å². The summed E-state index contributed by atoms with van der Waals surface area (Å²) in [5.41, 5.74) is 2.26. The molecule has 0 bridgehead atoms. The molecule has 0 unspecified atom stereocenters. The molecule has 0 saturated carbocycles. The van der Waals surface area contributed by atoms with Crippen molar-refractivity contribution in [1.82, 2.24) is 9.78 Å². The van der Waals surface area contributed by atoms with Gasteiger partial charge in [0.15, 0.2) is 0 Å². The molecule has 0 aliphatic carbocycles. The first-order chi connectivity index (χ1) is 9.43. The second-order valence-corrected chi connectivity index (χ2v) is 4.62. The molecule has 0 spiro atoms. The lowest BCUT2D eigenvalue weighted by molar-refractivity contribution is 0.913. The number of benzene rings is 3. The van der Waals surface area contributed by atoms with Crippen molar-refractivity contribution in [3.8, 4) is 5.69 Å². The van der Waals surface area contributed by atoms with Crippen LogP contribution in [0.25, 0.3) is 27.4 Å². The average Bonchev–Trinajstić information content (AvgIpc) is 2.92. The summed E-state index contributed by atoms with van der Waals surface area (Å²) in [6.45, 7) is 0. The Morgan fingerprint density at radius 2 is 1.42 bits per heavy atom. The maximum absolute atomic E-state index is 4.53. The Balaban J connectivity index is 2.15. The standard InChI is InChI=1S/C17H12N2/c1-2-7-15(8-3-1)19-17-14(12-18-19)11-10-13-6-4-5-9-16(13)17/h1-12H. The molecule has 4 aromatic rings. The predicted molar refractivity (Wildman–Crippen MR) is 78.6 cm³/mol. The van der Waals surface area contributed by atoms with Gasteiger partial charge in [0, 0.05) is 10.8 Å². The Morgan fingerprint density at radius 3 is 2.32 bits per heavy atom. The third-order valence-electron chi connectivity index (χ3n) is 3.46. The van der Waals surface area contributed by atoms with E-state index in [1.165, 1.54) is 21.7 Å². The van der Waals surface area contributed by atoms with Crippen LogP contribution >= 0.6 is 0 Å². The summed E-state index contributed by atoms with van der Waals surface area (Å²) in [5, 5.41) is 8.18. The fourth-order valence-corrected chi connectivity index (χ4v) is 2.56. The molecule has 2 heteroatoms. The van der Waals surface area contributed by atoms with E-state index in [-0.39, 0.29) is 0 Å².